The van der Waals surface area contributed by atoms with Gasteiger partial charge < -0.3 is 9.80 Å². The van der Waals surface area contributed by atoms with E-state index in [0.717, 1.165) is 13.0 Å². The summed E-state index contributed by atoms with van der Waals surface area (Å²) in [6.07, 6.45) is 2.67. The van der Waals surface area contributed by atoms with Crippen molar-refractivity contribution in [2.75, 3.05) is 31.1 Å². The highest BCUT2D eigenvalue weighted by atomic mass is 32.2. The van der Waals surface area contributed by atoms with Crippen LogP contribution in [-0.2, 0) is 32.4 Å². The lowest BCUT2D eigenvalue weighted by Gasteiger charge is -2.36. The number of benzene rings is 1. The van der Waals surface area contributed by atoms with Crippen LogP contribution in [0.5, 0.6) is 0 Å². The van der Waals surface area contributed by atoms with Crippen LogP contribution in [0, 0.1) is 11.8 Å². The van der Waals surface area contributed by atoms with E-state index in [1.807, 2.05) is 17.0 Å². The molecule has 7 heteroatoms. The van der Waals surface area contributed by atoms with E-state index in [1.165, 1.54) is 11.1 Å². The topological polar surface area (TPSA) is 74.8 Å². The van der Waals surface area contributed by atoms with Gasteiger partial charge in [0.1, 0.15) is 0 Å². The van der Waals surface area contributed by atoms with E-state index in [4.69, 9.17) is 0 Å². The third-order valence-electron chi connectivity index (χ3n) is 6.18. The summed E-state index contributed by atoms with van der Waals surface area (Å²) in [5.41, 5.74) is 2.56. The average molecular weight is 391 g/mol. The molecule has 3 heterocycles. The van der Waals surface area contributed by atoms with E-state index < -0.39 is 9.84 Å². The number of rotatable bonds is 2. The molecule has 0 aliphatic carbocycles. The molecule has 3 aliphatic rings. The minimum atomic E-state index is -3.05. The Morgan fingerprint density at radius 2 is 1.52 bits per heavy atom. The Balaban J connectivity index is 1.32. The first kappa shape index (κ1) is 18.5. The first-order chi connectivity index (χ1) is 12.9. The van der Waals surface area contributed by atoms with Gasteiger partial charge in [-0.25, -0.2) is 8.42 Å². The lowest BCUT2D eigenvalue weighted by molar-refractivity contribution is -0.142. The standard InChI is InChI=1S/C20H26N2O4S/c23-19(22-11-5-15-3-1-2-4-17(15)13-22)16-6-9-21(10-7-16)20(24)18-8-12-27(25,26)14-18/h1-4,16,18H,5-14H2. The third kappa shape index (κ3) is 3.88. The maximum atomic E-state index is 12.9. The Labute approximate surface area is 160 Å². The zero-order valence-electron chi connectivity index (χ0n) is 15.5. The van der Waals surface area contributed by atoms with Gasteiger partial charge in [0.2, 0.25) is 11.8 Å². The van der Waals surface area contributed by atoms with Crippen molar-refractivity contribution in [3.8, 4) is 0 Å². The van der Waals surface area contributed by atoms with Crippen LogP contribution in [0.2, 0.25) is 0 Å². The molecule has 1 aromatic rings. The molecule has 2 amide bonds. The smallest absolute Gasteiger partial charge is 0.226 e. The fourth-order valence-electron chi connectivity index (χ4n) is 4.54. The molecule has 1 aromatic carbocycles. The summed E-state index contributed by atoms with van der Waals surface area (Å²) in [5.74, 6) is -0.173. The highest BCUT2D eigenvalue weighted by molar-refractivity contribution is 7.91. The van der Waals surface area contributed by atoms with Crippen molar-refractivity contribution in [2.24, 2.45) is 11.8 Å². The number of carbonyl (C=O) groups excluding carboxylic acids is 2. The van der Waals surface area contributed by atoms with Crippen molar-refractivity contribution in [1.29, 1.82) is 0 Å². The summed E-state index contributed by atoms with van der Waals surface area (Å²) in [5, 5.41) is 0. The number of fused-ring (bicyclic) bond motifs is 1. The predicted molar refractivity (Wildman–Crippen MR) is 102 cm³/mol. The SMILES string of the molecule is O=C(C1CCS(=O)(=O)C1)N1CCC(C(=O)N2CCc3ccccc3C2)CC1. The van der Waals surface area contributed by atoms with Crippen LogP contribution < -0.4 is 0 Å². The van der Waals surface area contributed by atoms with Gasteiger partial charge in [-0.1, -0.05) is 24.3 Å². The molecule has 0 N–H and O–H groups in total. The summed E-state index contributed by atoms with van der Waals surface area (Å²) in [7, 11) is -3.05. The fraction of sp³-hybridized carbons (Fsp3) is 0.600. The highest BCUT2D eigenvalue weighted by Crippen LogP contribution is 2.27. The minimum Gasteiger partial charge on any atom is -0.342 e. The lowest BCUT2D eigenvalue weighted by atomic mass is 9.92. The Bertz CT molecular complexity index is 843. The lowest BCUT2D eigenvalue weighted by Crippen LogP contribution is -2.47. The highest BCUT2D eigenvalue weighted by Gasteiger charge is 2.38. The first-order valence-corrected chi connectivity index (χ1v) is 11.6. The number of piperidine rings is 1. The largest absolute Gasteiger partial charge is 0.342 e. The van der Waals surface area contributed by atoms with E-state index >= 15 is 0 Å². The summed E-state index contributed by atoms with van der Waals surface area (Å²) >= 11 is 0. The third-order valence-corrected chi connectivity index (χ3v) is 7.95. The minimum absolute atomic E-state index is 0.0160. The average Bonchev–Trinajstić information content (AvgIpc) is 3.06. The van der Waals surface area contributed by atoms with Crippen LogP contribution in [0.4, 0.5) is 0 Å². The van der Waals surface area contributed by atoms with Crippen molar-refractivity contribution in [2.45, 2.75) is 32.2 Å². The van der Waals surface area contributed by atoms with Crippen LogP contribution in [0.1, 0.15) is 30.4 Å². The van der Waals surface area contributed by atoms with Crippen LogP contribution in [0.3, 0.4) is 0 Å². The summed E-state index contributed by atoms with van der Waals surface area (Å²) in [4.78, 5) is 29.2. The second kappa shape index (κ2) is 7.26. The van der Waals surface area contributed by atoms with Gasteiger partial charge in [-0.05, 0) is 36.8 Å². The Morgan fingerprint density at radius 3 is 2.19 bits per heavy atom. The normalized spacial score (nSPS) is 25.3. The molecule has 4 rings (SSSR count). The van der Waals surface area contributed by atoms with E-state index in [9.17, 15) is 18.0 Å². The maximum absolute atomic E-state index is 12.9. The molecule has 27 heavy (non-hydrogen) atoms. The molecule has 2 saturated heterocycles. The molecule has 0 aromatic heterocycles. The van der Waals surface area contributed by atoms with Crippen molar-refractivity contribution in [3.63, 3.8) is 0 Å². The number of nitrogens with zero attached hydrogens (tertiary/aromatic N) is 2. The van der Waals surface area contributed by atoms with E-state index in [-0.39, 0.29) is 35.2 Å². The van der Waals surface area contributed by atoms with Crippen molar-refractivity contribution in [1.82, 2.24) is 9.80 Å². The number of hydrogen-bond donors (Lipinski definition) is 0. The van der Waals surface area contributed by atoms with Gasteiger partial charge in [0.15, 0.2) is 9.84 Å². The van der Waals surface area contributed by atoms with Crippen LogP contribution in [-0.4, -0.2) is 61.2 Å². The van der Waals surface area contributed by atoms with Crippen LogP contribution in [0.15, 0.2) is 24.3 Å². The van der Waals surface area contributed by atoms with Crippen molar-refractivity contribution >= 4 is 21.7 Å². The molecule has 2 fully saturated rings. The Morgan fingerprint density at radius 1 is 0.852 bits per heavy atom. The number of hydrogen-bond acceptors (Lipinski definition) is 4. The van der Waals surface area contributed by atoms with Gasteiger partial charge in [0.05, 0.1) is 17.4 Å². The summed E-state index contributed by atoms with van der Waals surface area (Å²) < 4.78 is 23.2. The van der Waals surface area contributed by atoms with E-state index in [0.29, 0.717) is 38.9 Å². The molecular weight excluding hydrogens is 364 g/mol. The monoisotopic (exact) mass is 390 g/mol. The van der Waals surface area contributed by atoms with E-state index in [1.54, 1.807) is 4.90 Å². The van der Waals surface area contributed by atoms with Crippen LogP contribution in [0.25, 0.3) is 0 Å². The van der Waals surface area contributed by atoms with Gasteiger partial charge in [-0.15, -0.1) is 0 Å². The number of likely N-dealkylation sites (tertiary alicyclic amines) is 1. The molecule has 1 unspecified atom stereocenters. The van der Waals surface area contributed by atoms with Gasteiger partial charge in [0, 0.05) is 32.1 Å². The molecule has 3 aliphatic heterocycles. The number of amides is 2. The molecule has 0 saturated carbocycles. The zero-order chi connectivity index (χ0) is 19.0. The zero-order valence-corrected chi connectivity index (χ0v) is 16.3. The fourth-order valence-corrected chi connectivity index (χ4v) is 6.27. The Hall–Kier alpha value is -1.89. The summed E-state index contributed by atoms with van der Waals surface area (Å²) in [6, 6.07) is 8.27. The number of sulfone groups is 1. The van der Waals surface area contributed by atoms with Gasteiger partial charge in [-0.3, -0.25) is 9.59 Å². The summed E-state index contributed by atoms with van der Waals surface area (Å²) in [6.45, 7) is 2.54. The molecule has 146 valence electrons. The van der Waals surface area contributed by atoms with Gasteiger partial charge in [-0.2, -0.15) is 0 Å². The molecule has 0 bridgehead atoms. The van der Waals surface area contributed by atoms with Crippen LogP contribution >= 0.6 is 0 Å². The van der Waals surface area contributed by atoms with E-state index in [2.05, 4.69) is 12.1 Å². The molecule has 1 atom stereocenters. The molecule has 6 nitrogen and oxygen atoms in total. The molecule has 0 radical (unpaired) electrons. The molecule has 0 spiro atoms. The van der Waals surface area contributed by atoms with Crippen molar-refractivity contribution < 1.29 is 18.0 Å². The number of carbonyl (C=O) groups is 2. The van der Waals surface area contributed by atoms with Gasteiger partial charge >= 0.3 is 0 Å². The Kier molecular flexibility index (Phi) is 4.97. The quantitative estimate of drug-likeness (QED) is 0.762. The first-order valence-electron chi connectivity index (χ1n) is 9.78. The van der Waals surface area contributed by atoms with Crippen molar-refractivity contribution in [3.05, 3.63) is 35.4 Å². The molecular formula is C20H26N2O4S. The second-order valence-corrected chi connectivity index (χ2v) is 10.2. The van der Waals surface area contributed by atoms with Gasteiger partial charge in [0.25, 0.3) is 0 Å². The predicted octanol–water partition coefficient (Wildman–Crippen LogP) is 1.24. The second-order valence-electron chi connectivity index (χ2n) is 7.98. The maximum Gasteiger partial charge on any atom is 0.226 e.